The highest BCUT2D eigenvalue weighted by Crippen LogP contribution is 2.58. The first-order valence-electron chi connectivity index (χ1n) is 12.7. The molecule has 7 nitrogen and oxygen atoms in total. The van der Waals surface area contributed by atoms with E-state index in [1.165, 1.54) is 24.0 Å². The Kier molecular flexibility index (Phi) is 6.20. The van der Waals surface area contributed by atoms with Crippen molar-refractivity contribution in [1.29, 1.82) is 0 Å². The summed E-state index contributed by atoms with van der Waals surface area (Å²) in [7, 11) is 0. The number of piperazine rings is 1. The predicted molar refractivity (Wildman–Crippen MR) is 129 cm³/mol. The minimum atomic E-state index is -1.01. The van der Waals surface area contributed by atoms with Gasteiger partial charge in [0.25, 0.3) is 0 Å². The van der Waals surface area contributed by atoms with Crippen LogP contribution in [-0.4, -0.2) is 72.5 Å². The Labute approximate surface area is 205 Å². The predicted octanol–water partition coefficient (Wildman–Crippen LogP) is 2.86. The summed E-state index contributed by atoms with van der Waals surface area (Å²) in [4.78, 5) is 44.9. The number of hydrogen-bond acceptors (Lipinski definition) is 6. The third kappa shape index (κ3) is 4.15. The minimum Gasteiger partial charge on any atom is -0.454 e. The van der Waals surface area contributed by atoms with Crippen LogP contribution in [0, 0.1) is 29.5 Å². The highest BCUT2D eigenvalue weighted by atomic mass is 19.1. The smallest absolute Gasteiger partial charge is 0.303 e. The van der Waals surface area contributed by atoms with E-state index in [4.69, 9.17) is 4.74 Å². The number of anilines is 1. The van der Waals surface area contributed by atoms with Crippen molar-refractivity contribution in [2.75, 3.05) is 44.2 Å². The Morgan fingerprint density at radius 1 is 1.06 bits per heavy atom. The van der Waals surface area contributed by atoms with Crippen LogP contribution in [0.4, 0.5) is 10.1 Å². The van der Waals surface area contributed by atoms with E-state index in [1.807, 2.05) is 25.1 Å². The Balaban J connectivity index is 1.20. The zero-order valence-electron chi connectivity index (χ0n) is 20.7. The number of carbonyl (C=O) groups is 3. The summed E-state index contributed by atoms with van der Waals surface area (Å²) in [5, 5.41) is 0. The van der Waals surface area contributed by atoms with Crippen LogP contribution < -0.4 is 4.90 Å². The standard InChI is InChI=1S/C27H34FN3O4/c1-17-15-27(35-19(3)32)16-18(2)22(17)23-24(27)26(34)31(25(23)33)10-4-9-29-11-13-30(14-12-29)21-7-5-20(28)6-8-21/h5-8,15,18,22-24H,4,9-14,16H2,1-3H3/t18?,22-,23?,24?,27-/m1/s1. The first-order valence-corrected chi connectivity index (χ1v) is 12.7. The van der Waals surface area contributed by atoms with Crippen LogP contribution >= 0.6 is 0 Å². The van der Waals surface area contributed by atoms with Crippen LogP contribution in [0.1, 0.15) is 33.6 Å². The number of rotatable bonds is 6. The van der Waals surface area contributed by atoms with E-state index in [9.17, 15) is 18.8 Å². The van der Waals surface area contributed by atoms with Crippen LogP contribution in [0.3, 0.4) is 0 Å². The summed E-state index contributed by atoms with van der Waals surface area (Å²) in [6.07, 6.45) is 3.23. The Bertz CT molecular complexity index is 1050. The molecule has 2 aliphatic heterocycles. The third-order valence-corrected chi connectivity index (χ3v) is 8.36. The van der Waals surface area contributed by atoms with Crippen molar-refractivity contribution in [3.05, 3.63) is 41.7 Å². The molecule has 2 bridgehead atoms. The van der Waals surface area contributed by atoms with Gasteiger partial charge in [-0.3, -0.25) is 24.2 Å². The molecule has 3 fully saturated rings. The Hall–Kier alpha value is -2.74. The van der Waals surface area contributed by atoms with E-state index >= 15 is 0 Å². The van der Waals surface area contributed by atoms with Crippen LogP contribution in [0.5, 0.6) is 0 Å². The SMILES string of the molecule is CC(=O)O[C@]12C=C(C)[C@H](C(C)C1)C1C(=O)N(CCCN3CCN(c4ccc(F)cc4)CC3)C(=O)C12. The van der Waals surface area contributed by atoms with Crippen molar-refractivity contribution in [2.24, 2.45) is 23.7 Å². The molecule has 1 saturated carbocycles. The highest BCUT2D eigenvalue weighted by Gasteiger charge is 2.67. The second-order valence-corrected chi connectivity index (χ2v) is 10.6. The molecule has 0 radical (unpaired) electrons. The lowest BCUT2D eigenvalue weighted by molar-refractivity contribution is -0.173. The maximum Gasteiger partial charge on any atom is 0.303 e. The molecule has 35 heavy (non-hydrogen) atoms. The second kappa shape index (κ2) is 9.04. The quantitative estimate of drug-likeness (QED) is 0.352. The van der Waals surface area contributed by atoms with Gasteiger partial charge in [0.15, 0.2) is 0 Å². The van der Waals surface area contributed by atoms with Gasteiger partial charge in [0.1, 0.15) is 11.4 Å². The molecule has 0 N–H and O–H groups in total. The van der Waals surface area contributed by atoms with Gasteiger partial charge in [0, 0.05) is 45.3 Å². The van der Waals surface area contributed by atoms with Crippen molar-refractivity contribution in [2.45, 2.75) is 39.2 Å². The fourth-order valence-corrected chi connectivity index (χ4v) is 7.06. The number of carbonyl (C=O) groups excluding carboxylic acids is 3. The maximum absolute atomic E-state index is 13.5. The van der Waals surface area contributed by atoms with Crippen molar-refractivity contribution < 1.29 is 23.5 Å². The van der Waals surface area contributed by atoms with Gasteiger partial charge in [0.05, 0.1) is 11.8 Å². The lowest BCUT2D eigenvalue weighted by Crippen LogP contribution is -2.57. The number of ether oxygens (including phenoxy) is 1. The van der Waals surface area contributed by atoms with Gasteiger partial charge in [-0.15, -0.1) is 0 Å². The summed E-state index contributed by atoms with van der Waals surface area (Å²) >= 11 is 0. The molecule has 5 aliphatic rings. The molecular formula is C27H34FN3O4. The number of amides is 2. The normalized spacial score (nSPS) is 32.6. The topological polar surface area (TPSA) is 70.2 Å². The van der Waals surface area contributed by atoms with E-state index in [1.54, 1.807) is 0 Å². The number of nitrogens with zero attached hydrogens (tertiary/aromatic N) is 3. The lowest BCUT2D eigenvalue weighted by Gasteiger charge is -2.52. The molecule has 5 atom stereocenters. The van der Waals surface area contributed by atoms with Crippen LogP contribution in [-0.2, 0) is 19.1 Å². The van der Waals surface area contributed by atoms with Gasteiger partial charge in [-0.05, 0) is 68.5 Å². The molecule has 1 aromatic carbocycles. The Morgan fingerprint density at radius 3 is 2.37 bits per heavy atom. The van der Waals surface area contributed by atoms with Crippen molar-refractivity contribution in [3.8, 4) is 0 Å². The minimum absolute atomic E-state index is 0.0263. The molecule has 2 saturated heterocycles. The Morgan fingerprint density at radius 2 is 1.74 bits per heavy atom. The molecule has 0 spiro atoms. The molecule has 0 aromatic heterocycles. The second-order valence-electron chi connectivity index (χ2n) is 10.6. The molecule has 6 rings (SSSR count). The van der Waals surface area contributed by atoms with Gasteiger partial charge >= 0.3 is 5.97 Å². The summed E-state index contributed by atoms with van der Waals surface area (Å²) in [5.74, 6) is -1.79. The largest absolute Gasteiger partial charge is 0.454 e. The van der Waals surface area contributed by atoms with Crippen LogP contribution in [0.15, 0.2) is 35.9 Å². The molecule has 1 aromatic rings. The van der Waals surface area contributed by atoms with E-state index in [2.05, 4.69) is 16.7 Å². The molecule has 8 heteroatoms. The van der Waals surface area contributed by atoms with E-state index in [0.29, 0.717) is 19.4 Å². The third-order valence-electron chi connectivity index (χ3n) is 8.36. The lowest BCUT2D eigenvalue weighted by atomic mass is 9.54. The molecule has 3 unspecified atom stereocenters. The first-order chi connectivity index (χ1) is 16.7. The van der Waals surface area contributed by atoms with Crippen molar-refractivity contribution in [3.63, 3.8) is 0 Å². The highest BCUT2D eigenvalue weighted by molar-refractivity contribution is 6.07. The van der Waals surface area contributed by atoms with Crippen LogP contribution in [0.25, 0.3) is 0 Å². The average Bonchev–Trinajstić information content (AvgIpc) is 3.05. The summed E-state index contributed by atoms with van der Waals surface area (Å²) < 4.78 is 19.0. The number of halogens is 1. The van der Waals surface area contributed by atoms with Crippen LogP contribution in [0.2, 0.25) is 0 Å². The maximum atomic E-state index is 13.5. The number of likely N-dealkylation sites (tertiary alicyclic amines) is 1. The van der Waals surface area contributed by atoms with E-state index < -0.39 is 23.4 Å². The molecule has 3 aliphatic carbocycles. The summed E-state index contributed by atoms with van der Waals surface area (Å²) in [5.41, 5.74) is 1.07. The summed E-state index contributed by atoms with van der Waals surface area (Å²) in [6, 6.07) is 6.59. The average molecular weight is 484 g/mol. The van der Waals surface area contributed by atoms with Gasteiger partial charge < -0.3 is 9.64 Å². The zero-order chi connectivity index (χ0) is 24.9. The van der Waals surface area contributed by atoms with E-state index in [0.717, 1.165) is 44.0 Å². The number of allylic oxidation sites excluding steroid dienone is 1. The number of esters is 1. The number of imide groups is 1. The fraction of sp³-hybridized carbons (Fsp3) is 0.593. The fourth-order valence-electron chi connectivity index (χ4n) is 7.06. The zero-order valence-corrected chi connectivity index (χ0v) is 20.7. The molecule has 2 amide bonds. The van der Waals surface area contributed by atoms with Gasteiger partial charge in [0.2, 0.25) is 11.8 Å². The van der Waals surface area contributed by atoms with Crippen molar-refractivity contribution in [1.82, 2.24) is 9.80 Å². The monoisotopic (exact) mass is 483 g/mol. The number of hydrogen-bond donors (Lipinski definition) is 0. The molecular weight excluding hydrogens is 449 g/mol. The molecule has 2 heterocycles. The number of fused-ring (bicyclic) bond motifs is 1. The number of benzene rings is 1. The van der Waals surface area contributed by atoms with Crippen molar-refractivity contribution >= 4 is 23.5 Å². The van der Waals surface area contributed by atoms with Gasteiger partial charge in [-0.25, -0.2) is 4.39 Å². The van der Waals surface area contributed by atoms with Gasteiger partial charge in [-0.1, -0.05) is 12.5 Å². The first kappa shape index (κ1) is 24.0. The molecule has 188 valence electrons. The summed E-state index contributed by atoms with van der Waals surface area (Å²) in [6.45, 7) is 10.1. The van der Waals surface area contributed by atoms with E-state index in [-0.39, 0.29) is 29.5 Å². The van der Waals surface area contributed by atoms with Gasteiger partial charge in [-0.2, -0.15) is 0 Å².